The summed E-state index contributed by atoms with van der Waals surface area (Å²) in [4.78, 5) is 0. The summed E-state index contributed by atoms with van der Waals surface area (Å²) >= 11 is 8.48. The first-order chi connectivity index (χ1) is 9.67. The molecule has 1 aromatic carbocycles. The topological polar surface area (TPSA) is 51.1 Å². The van der Waals surface area contributed by atoms with E-state index in [1.807, 2.05) is 37.4 Å². The van der Waals surface area contributed by atoms with Crippen LogP contribution in [0.15, 0.2) is 41.1 Å². The fourth-order valence-corrected chi connectivity index (χ4v) is 2.03. The van der Waals surface area contributed by atoms with Crippen LogP contribution in [0.2, 0.25) is 0 Å². The molecule has 7 heteroatoms. The van der Waals surface area contributed by atoms with E-state index in [4.69, 9.17) is 17.0 Å². The van der Waals surface area contributed by atoms with Crippen molar-refractivity contribution in [3.05, 3.63) is 41.1 Å². The SMILES string of the molecule is CCNC(=S)Nc1cnn(COc2ccc(Br)cc2)c1. The molecule has 106 valence electrons. The molecule has 2 aromatic rings. The zero-order valence-corrected chi connectivity index (χ0v) is 13.4. The molecule has 0 radical (unpaired) electrons. The van der Waals surface area contributed by atoms with E-state index in [-0.39, 0.29) is 0 Å². The number of hydrogen-bond donors (Lipinski definition) is 2. The van der Waals surface area contributed by atoms with Gasteiger partial charge in [-0.2, -0.15) is 5.10 Å². The van der Waals surface area contributed by atoms with Gasteiger partial charge in [-0.15, -0.1) is 0 Å². The molecule has 0 atom stereocenters. The van der Waals surface area contributed by atoms with Crippen LogP contribution in [0.3, 0.4) is 0 Å². The maximum absolute atomic E-state index is 5.62. The Morgan fingerprint density at radius 1 is 1.40 bits per heavy atom. The summed E-state index contributed by atoms with van der Waals surface area (Å²) < 4.78 is 8.33. The Bertz CT molecular complexity index is 570. The standard InChI is InChI=1S/C13H15BrN4OS/c1-2-15-13(20)17-11-7-16-18(8-11)9-19-12-5-3-10(14)4-6-12/h3-8H,2,9H2,1H3,(H2,15,17,20). The van der Waals surface area contributed by atoms with Gasteiger partial charge in [0.15, 0.2) is 11.8 Å². The molecular weight excluding hydrogens is 340 g/mol. The van der Waals surface area contributed by atoms with Gasteiger partial charge in [-0.25, -0.2) is 4.68 Å². The van der Waals surface area contributed by atoms with Crippen molar-refractivity contribution >= 4 is 38.9 Å². The van der Waals surface area contributed by atoms with E-state index in [9.17, 15) is 0 Å². The third-order valence-electron chi connectivity index (χ3n) is 2.41. The number of benzene rings is 1. The van der Waals surface area contributed by atoms with Crippen LogP contribution >= 0.6 is 28.1 Å². The highest BCUT2D eigenvalue weighted by atomic mass is 79.9. The quantitative estimate of drug-likeness (QED) is 0.808. The second-order valence-corrected chi connectivity index (χ2v) is 5.30. The molecule has 1 heterocycles. The van der Waals surface area contributed by atoms with Crippen LogP contribution < -0.4 is 15.4 Å². The van der Waals surface area contributed by atoms with Crippen molar-refractivity contribution < 1.29 is 4.74 Å². The Morgan fingerprint density at radius 3 is 2.85 bits per heavy atom. The number of ether oxygens (including phenoxy) is 1. The number of aromatic nitrogens is 2. The van der Waals surface area contributed by atoms with Gasteiger partial charge in [0.25, 0.3) is 0 Å². The second kappa shape index (κ2) is 7.25. The van der Waals surface area contributed by atoms with Gasteiger partial charge in [-0.1, -0.05) is 15.9 Å². The molecule has 20 heavy (non-hydrogen) atoms. The molecule has 2 N–H and O–H groups in total. The zero-order chi connectivity index (χ0) is 14.4. The van der Waals surface area contributed by atoms with E-state index in [0.29, 0.717) is 11.8 Å². The molecule has 0 saturated carbocycles. The molecular formula is C13H15BrN4OS. The molecule has 0 bridgehead atoms. The molecule has 0 aliphatic rings. The average Bonchev–Trinajstić information content (AvgIpc) is 2.86. The minimum Gasteiger partial charge on any atom is -0.471 e. The fourth-order valence-electron chi connectivity index (χ4n) is 1.51. The van der Waals surface area contributed by atoms with Crippen molar-refractivity contribution in [3.8, 4) is 5.75 Å². The number of nitrogens with one attached hydrogen (secondary N) is 2. The molecule has 0 aliphatic carbocycles. The van der Waals surface area contributed by atoms with E-state index < -0.39 is 0 Å². The minimum absolute atomic E-state index is 0.345. The molecule has 0 spiro atoms. The summed E-state index contributed by atoms with van der Waals surface area (Å²) in [6.07, 6.45) is 3.54. The Balaban J connectivity index is 1.86. The van der Waals surface area contributed by atoms with Crippen LogP contribution in [0.4, 0.5) is 5.69 Å². The maximum Gasteiger partial charge on any atom is 0.180 e. The lowest BCUT2D eigenvalue weighted by Crippen LogP contribution is -2.27. The first-order valence-corrected chi connectivity index (χ1v) is 7.33. The number of halogens is 1. The first kappa shape index (κ1) is 14.8. The van der Waals surface area contributed by atoms with Gasteiger partial charge in [-0.3, -0.25) is 0 Å². The van der Waals surface area contributed by atoms with Crippen molar-refractivity contribution in [1.29, 1.82) is 0 Å². The highest BCUT2D eigenvalue weighted by Gasteiger charge is 2.01. The van der Waals surface area contributed by atoms with Crippen molar-refractivity contribution in [2.24, 2.45) is 0 Å². The van der Waals surface area contributed by atoms with Crippen LogP contribution in [0, 0.1) is 0 Å². The van der Waals surface area contributed by atoms with Crippen LogP contribution in [0.25, 0.3) is 0 Å². The minimum atomic E-state index is 0.345. The molecule has 0 amide bonds. The predicted octanol–water partition coefficient (Wildman–Crippen LogP) is 2.99. The number of anilines is 1. The summed E-state index contributed by atoms with van der Waals surface area (Å²) in [5.74, 6) is 0.793. The summed E-state index contributed by atoms with van der Waals surface area (Å²) in [5.41, 5.74) is 0.829. The van der Waals surface area contributed by atoms with Crippen LogP contribution in [-0.4, -0.2) is 21.4 Å². The van der Waals surface area contributed by atoms with Gasteiger partial charge in [0.05, 0.1) is 18.1 Å². The van der Waals surface area contributed by atoms with E-state index in [1.165, 1.54) is 0 Å². The molecule has 5 nitrogen and oxygen atoms in total. The van der Waals surface area contributed by atoms with Crippen molar-refractivity contribution in [1.82, 2.24) is 15.1 Å². The molecule has 0 saturated heterocycles. The molecule has 0 unspecified atom stereocenters. The summed E-state index contributed by atoms with van der Waals surface area (Å²) in [6, 6.07) is 7.65. The van der Waals surface area contributed by atoms with Crippen LogP contribution in [0.1, 0.15) is 6.92 Å². The highest BCUT2D eigenvalue weighted by Crippen LogP contribution is 2.16. The van der Waals surface area contributed by atoms with Gasteiger partial charge in [0.1, 0.15) is 5.75 Å². The number of nitrogens with zero attached hydrogens (tertiary/aromatic N) is 2. The lowest BCUT2D eigenvalue weighted by molar-refractivity contribution is 0.221. The van der Waals surface area contributed by atoms with E-state index in [2.05, 4.69) is 31.7 Å². The summed E-state index contributed by atoms with van der Waals surface area (Å²) in [6.45, 7) is 3.12. The van der Waals surface area contributed by atoms with E-state index >= 15 is 0 Å². The third-order valence-corrected chi connectivity index (χ3v) is 3.18. The van der Waals surface area contributed by atoms with Gasteiger partial charge >= 0.3 is 0 Å². The molecule has 2 rings (SSSR count). The Morgan fingerprint density at radius 2 is 2.15 bits per heavy atom. The largest absolute Gasteiger partial charge is 0.471 e. The monoisotopic (exact) mass is 354 g/mol. The third kappa shape index (κ3) is 4.50. The normalized spacial score (nSPS) is 10.1. The molecule has 0 aliphatic heterocycles. The number of hydrogen-bond acceptors (Lipinski definition) is 3. The fraction of sp³-hybridized carbons (Fsp3) is 0.231. The summed E-state index contributed by atoms with van der Waals surface area (Å²) in [7, 11) is 0. The van der Waals surface area contributed by atoms with Crippen molar-refractivity contribution in [2.45, 2.75) is 13.7 Å². The first-order valence-electron chi connectivity index (χ1n) is 6.13. The summed E-state index contributed by atoms with van der Waals surface area (Å²) in [5, 5.41) is 10.8. The van der Waals surface area contributed by atoms with E-state index in [0.717, 1.165) is 22.5 Å². The highest BCUT2D eigenvalue weighted by molar-refractivity contribution is 9.10. The van der Waals surface area contributed by atoms with Gasteiger partial charge in [0.2, 0.25) is 0 Å². The lowest BCUT2D eigenvalue weighted by Gasteiger charge is -2.07. The molecule has 1 aromatic heterocycles. The Hall–Kier alpha value is -1.60. The number of thiocarbonyl (C=S) groups is 1. The molecule has 0 fully saturated rings. The smallest absolute Gasteiger partial charge is 0.180 e. The Kier molecular flexibility index (Phi) is 5.37. The van der Waals surface area contributed by atoms with Gasteiger partial charge < -0.3 is 15.4 Å². The second-order valence-electron chi connectivity index (χ2n) is 3.98. The van der Waals surface area contributed by atoms with Crippen LogP contribution in [0.5, 0.6) is 5.75 Å². The zero-order valence-electron chi connectivity index (χ0n) is 11.0. The van der Waals surface area contributed by atoms with Gasteiger partial charge in [-0.05, 0) is 43.4 Å². The van der Waals surface area contributed by atoms with Crippen molar-refractivity contribution in [2.75, 3.05) is 11.9 Å². The Labute approximate surface area is 131 Å². The van der Waals surface area contributed by atoms with Crippen molar-refractivity contribution in [3.63, 3.8) is 0 Å². The number of rotatable bonds is 5. The maximum atomic E-state index is 5.62. The van der Waals surface area contributed by atoms with Crippen LogP contribution in [-0.2, 0) is 6.73 Å². The van der Waals surface area contributed by atoms with E-state index in [1.54, 1.807) is 10.9 Å². The lowest BCUT2D eigenvalue weighted by atomic mass is 10.3. The predicted molar refractivity (Wildman–Crippen MR) is 86.9 cm³/mol. The average molecular weight is 355 g/mol. The van der Waals surface area contributed by atoms with Gasteiger partial charge in [0, 0.05) is 11.0 Å².